The minimum absolute atomic E-state index is 0.115. The summed E-state index contributed by atoms with van der Waals surface area (Å²) in [6.07, 6.45) is -0.199. The van der Waals surface area contributed by atoms with E-state index < -0.39 is 12.4 Å². The lowest BCUT2D eigenvalue weighted by Crippen LogP contribution is -2.48. The molecule has 118 valence electrons. The highest BCUT2D eigenvalue weighted by Crippen LogP contribution is 2.18. The molecule has 1 fully saturated rings. The SMILES string of the molecule is CC(C)N1CCOC(COc2ccccc2[B-](F)(F)F)C1. The van der Waals surface area contributed by atoms with E-state index in [1.54, 1.807) is 6.07 Å². The van der Waals surface area contributed by atoms with Gasteiger partial charge in [-0.2, -0.15) is 0 Å². The molecule has 0 saturated carbocycles. The maximum absolute atomic E-state index is 12.9. The summed E-state index contributed by atoms with van der Waals surface area (Å²) in [6, 6.07) is 5.71. The topological polar surface area (TPSA) is 21.7 Å². The maximum atomic E-state index is 12.9. The van der Waals surface area contributed by atoms with Crippen molar-refractivity contribution in [3.8, 4) is 5.75 Å². The van der Waals surface area contributed by atoms with Crippen molar-refractivity contribution >= 4 is 12.4 Å². The van der Waals surface area contributed by atoms with E-state index in [4.69, 9.17) is 9.47 Å². The van der Waals surface area contributed by atoms with Crippen molar-refractivity contribution < 1.29 is 22.4 Å². The zero-order chi connectivity index (χ0) is 15.5. The molecule has 0 spiro atoms. The Morgan fingerprint density at radius 3 is 2.71 bits per heavy atom. The Labute approximate surface area is 123 Å². The van der Waals surface area contributed by atoms with Crippen molar-refractivity contribution in [3.63, 3.8) is 0 Å². The lowest BCUT2D eigenvalue weighted by atomic mass is 9.79. The minimum Gasteiger partial charge on any atom is -0.494 e. The highest BCUT2D eigenvalue weighted by molar-refractivity contribution is 6.74. The van der Waals surface area contributed by atoms with Crippen molar-refractivity contribution in [2.45, 2.75) is 26.0 Å². The van der Waals surface area contributed by atoms with Crippen LogP contribution in [0.15, 0.2) is 24.3 Å². The fraction of sp³-hybridized carbons (Fsp3) is 0.571. The van der Waals surface area contributed by atoms with E-state index >= 15 is 0 Å². The molecule has 1 unspecified atom stereocenters. The van der Waals surface area contributed by atoms with Crippen molar-refractivity contribution in [2.24, 2.45) is 0 Å². The lowest BCUT2D eigenvalue weighted by Gasteiger charge is -2.35. The molecular formula is C14H20BF3NO2-. The molecule has 1 atom stereocenters. The van der Waals surface area contributed by atoms with Crippen LogP contribution in [0, 0.1) is 0 Å². The second-order valence-electron chi connectivity index (χ2n) is 5.51. The largest absolute Gasteiger partial charge is 0.513 e. The highest BCUT2D eigenvalue weighted by Gasteiger charge is 2.29. The quantitative estimate of drug-likeness (QED) is 0.779. The van der Waals surface area contributed by atoms with Crippen LogP contribution in [0.25, 0.3) is 0 Å². The van der Waals surface area contributed by atoms with Crippen LogP contribution in [0.1, 0.15) is 13.8 Å². The van der Waals surface area contributed by atoms with E-state index in [1.807, 2.05) is 0 Å². The Kier molecular flexibility index (Phi) is 5.16. The standard InChI is InChI=1S/C14H20BF3NO2/c1-11(2)19-7-8-20-12(9-19)10-21-14-6-4-3-5-13(14)15(16,17)18/h3-6,11-12H,7-10H2,1-2H3/q-1. The van der Waals surface area contributed by atoms with Gasteiger partial charge in [-0.25, -0.2) is 0 Å². The van der Waals surface area contributed by atoms with Crippen molar-refractivity contribution in [1.29, 1.82) is 0 Å². The van der Waals surface area contributed by atoms with Gasteiger partial charge in [0.1, 0.15) is 12.7 Å². The van der Waals surface area contributed by atoms with E-state index in [1.165, 1.54) is 12.1 Å². The summed E-state index contributed by atoms with van der Waals surface area (Å²) in [5, 5.41) is 0. The number of benzene rings is 1. The summed E-state index contributed by atoms with van der Waals surface area (Å²) in [5.74, 6) is -0.115. The highest BCUT2D eigenvalue weighted by atomic mass is 19.4. The predicted molar refractivity (Wildman–Crippen MR) is 77.1 cm³/mol. The van der Waals surface area contributed by atoms with Gasteiger partial charge in [0, 0.05) is 19.1 Å². The van der Waals surface area contributed by atoms with Gasteiger partial charge in [0.05, 0.1) is 12.4 Å². The molecule has 0 aromatic heterocycles. The molecule has 7 heteroatoms. The zero-order valence-corrected chi connectivity index (χ0v) is 12.3. The fourth-order valence-electron chi connectivity index (χ4n) is 2.38. The Bertz CT molecular complexity index is 468. The first-order chi connectivity index (χ1) is 9.88. The molecule has 0 aliphatic carbocycles. The smallest absolute Gasteiger partial charge is 0.494 e. The van der Waals surface area contributed by atoms with Gasteiger partial charge in [-0.1, -0.05) is 23.7 Å². The molecule has 21 heavy (non-hydrogen) atoms. The van der Waals surface area contributed by atoms with E-state index in [2.05, 4.69) is 18.7 Å². The summed E-state index contributed by atoms with van der Waals surface area (Å²) >= 11 is 0. The van der Waals surface area contributed by atoms with Crippen LogP contribution in [-0.2, 0) is 4.74 Å². The third-order valence-electron chi connectivity index (χ3n) is 3.60. The zero-order valence-electron chi connectivity index (χ0n) is 12.3. The first kappa shape index (κ1) is 16.2. The van der Waals surface area contributed by atoms with E-state index in [0.29, 0.717) is 19.2 Å². The summed E-state index contributed by atoms with van der Waals surface area (Å²) < 4.78 is 49.7. The number of ether oxygens (including phenoxy) is 2. The van der Waals surface area contributed by atoms with Crippen LogP contribution in [0.4, 0.5) is 12.9 Å². The number of nitrogens with zero attached hydrogens (tertiary/aromatic N) is 1. The number of hydrogen-bond acceptors (Lipinski definition) is 3. The molecule has 0 bridgehead atoms. The number of halogens is 3. The van der Waals surface area contributed by atoms with Gasteiger partial charge in [0.25, 0.3) is 0 Å². The van der Waals surface area contributed by atoms with Gasteiger partial charge in [-0.3, -0.25) is 4.90 Å². The van der Waals surface area contributed by atoms with Crippen LogP contribution < -0.4 is 10.2 Å². The third kappa shape index (κ3) is 4.38. The Hall–Kier alpha value is -1.21. The Morgan fingerprint density at radius 1 is 1.33 bits per heavy atom. The number of morpholine rings is 1. The van der Waals surface area contributed by atoms with Crippen molar-refractivity contribution in [1.82, 2.24) is 4.90 Å². The Balaban J connectivity index is 1.97. The minimum atomic E-state index is -5.07. The van der Waals surface area contributed by atoms with E-state index in [0.717, 1.165) is 12.6 Å². The van der Waals surface area contributed by atoms with Gasteiger partial charge >= 0.3 is 6.98 Å². The maximum Gasteiger partial charge on any atom is 0.513 e. The van der Waals surface area contributed by atoms with E-state index in [9.17, 15) is 12.9 Å². The monoisotopic (exact) mass is 302 g/mol. The predicted octanol–water partition coefficient (Wildman–Crippen LogP) is 2.23. The molecule has 3 nitrogen and oxygen atoms in total. The van der Waals surface area contributed by atoms with Gasteiger partial charge < -0.3 is 22.4 Å². The first-order valence-electron chi connectivity index (χ1n) is 7.15. The Morgan fingerprint density at radius 2 is 2.05 bits per heavy atom. The second-order valence-corrected chi connectivity index (χ2v) is 5.51. The van der Waals surface area contributed by atoms with Crippen molar-refractivity contribution in [3.05, 3.63) is 24.3 Å². The summed E-state index contributed by atoms with van der Waals surface area (Å²) in [5.41, 5.74) is -0.686. The molecule has 1 saturated heterocycles. The number of hydrogen-bond donors (Lipinski definition) is 0. The molecule has 1 aromatic carbocycles. The van der Waals surface area contributed by atoms with Crippen LogP contribution in [-0.4, -0.2) is 50.3 Å². The molecule has 1 aromatic rings. The van der Waals surface area contributed by atoms with E-state index in [-0.39, 0.29) is 18.5 Å². The third-order valence-corrected chi connectivity index (χ3v) is 3.60. The first-order valence-corrected chi connectivity index (χ1v) is 7.15. The molecule has 1 aliphatic heterocycles. The van der Waals surface area contributed by atoms with Crippen molar-refractivity contribution in [2.75, 3.05) is 26.3 Å². The molecule has 1 aliphatic rings. The van der Waals surface area contributed by atoms with Crippen LogP contribution >= 0.6 is 0 Å². The molecule has 0 radical (unpaired) electrons. The lowest BCUT2D eigenvalue weighted by molar-refractivity contribution is -0.0563. The fourth-order valence-corrected chi connectivity index (χ4v) is 2.38. The molecular weight excluding hydrogens is 282 g/mol. The summed E-state index contributed by atoms with van der Waals surface area (Å²) in [7, 11) is 0. The van der Waals surface area contributed by atoms with Crippen LogP contribution in [0.3, 0.4) is 0 Å². The number of rotatable bonds is 5. The summed E-state index contributed by atoms with van der Waals surface area (Å²) in [6.45, 7) is 1.34. The van der Waals surface area contributed by atoms with Gasteiger partial charge in [0.15, 0.2) is 0 Å². The average Bonchev–Trinajstić information content (AvgIpc) is 2.45. The summed E-state index contributed by atoms with van der Waals surface area (Å²) in [4.78, 5) is 2.23. The van der Waals surface area contributed by atoms with Crippen LogP contribution in [0.2, 0.25) is 0 Å². The average molecular weight is 302 g/mol. The molecule has 0 amide bonds. The second kappa shape index (κ2) is 6.70. The number of para-hydroxylation sites is 1. The molecule has 0 N–H and O–H groups in total. The normalized spacial score (nSPS) is 20.8. The molecule has 2 rings (SSSR count). The van der Waals surface area contributed by atoms with Gasteiger partial charge in [-0.05, 0) is 19.9 Å². The van der Waals surface area contributed by atoms with Gasteiger partial charge in [0.2, 0.25) is 0 Å². The van der Waals surface area contributed by atoms with Gasteiger partial charge in [-0.15, -0.1) is 0 Å². The molecule has 1 heterocycles. The van der Waals surface area contributed by atoms with Crippen LogP contribution in [0.5, 0.6) is 5.75 Å².